The predicted molar refractivity (Wildman–Crippen MR) is 72.1 cm³/mol. The van der Waals surface area contributed by atoms with Gasteiger partial charge in [0.05, 0.1) is 30.0 Å². The zero-order chi connectivity index (χ0) is 13.2. The van der Waals surface area contributed by atoms with Gasteiger partial charge in [-0.2, -0.15) is 0 Å². The lowest BCUT2D eigenvalue weighted by molar-refractivity contribution is 0.0700. The Balaban J connectivity index is 1.89. The molecule has 0 unspecified atom stereocenters. The molecule has 1 aromatic carbocycles. The minimum Gasteiger partial charge on any atom is -0.490 e. The van der Waals surface area contributed by atoms with Gasteiger partial charge in [0, 0.05) is 0 Å². The molecule has 1 aliphatic rings. The maximum Gasteiger partial charge on any atom is 0.347 e. The standard InChI is InChI=1S/C13H12N2O3S/c16-13(17)12-9(14-8-19-12)7-15-5-6-18-11-4-2-1-3-10(11)15/h1-4,8H,5-7H2,(H,16,17). The number of anilines is 1. The normalized spacial score (nSPS) is 13.8. The number of hydrogen-bond donors (Lipinski definition) is 1. The molecule has 1 aromatic heterocycles. The van der Waals surface area contributed by atoms with Crippen molar-refractivity contribution in [2.75, 3.05) is 18.1 Å². The van der Waals surface area contributed by atoms with E-state index in [4.69, 9.17) is 9.84 Å². The van der Waals surface area contributed by atoms with Gasteiger partial charge in [-0.25, -0.2) is 9.78 Å². The average Bonchev–Trinajstić information content (AvgIpc) is 2.87. The van der Waals surface area contributed by atoms with Crippen molar-refractivity contribution in [3.05, 3.63) is 40.3 Å². The Morgan fingerprint density at radius 3 is 3.16 bits per heavy atom. The number of rotatable bonds is 3. The molecule has 0 saturated carbocycles. The minimum atomic E-state index is -0.918. The molecule has 3 rings (SSSR count). The summed E-state index contributed by atoms with van der Waals surface area (Å²) in [5.41, 5.74) is 3.16. The Hall–Kier alpha value is -2.08. The Bertz CT molecular complexity index is 611. The predicted octanol–water partition coefficient (Wildman–Crippen LogP) is 2.24. The molecule has 1 aliphatic heterocycles. The lowest BCUT2D eigenvalue weighted by Gasteiger charge is -2.30. The van der Waals surface area contributed by atoms with Crippen molar-refractivity contribution in [1.29, 1.82) is 0 Å². The number of carboxylic acid groups (broad SMARTS) is 1. The van der Waals surface area contributed by atoms with E-state index in [9.17, 15) is 4.79 Å². The molecule has 6 heteroatoms. The van der Waals surface area contributed by atoms with Crippen LogP contribution < -0.4 is 9.64 Å². The molecule has 0 atom stereocenters. The number of hydrogen-bond acceptors (Lipinski definition) is 5. The topological polar surface area (TPSA) is 62.7 Å². The number of aromatic carboxylic acids is 1. The Morgan fingerprint density at radius 1 is 1.47 bits per heavy atom. The number of carboxylic acids is 1. The van der Waals surface area contributed by atoms with Gasteiger partial charge in [0.2, 0.25) is 0 Å². The van der Waals surface area contributed by atoms with Crippen LogP contribution in [0.15, 0.2) is 29.8 Å². The Kier molecular flexibility index (Phi) is 3.08. The molecule has 2 heterocycles. The van der Waals surface area contributed by atoms with Crippen LogP contribution in [-0.2, 0) is 6.54 Å². The highest BCUT2D eigenvalue weighted by Gasteiger charge is 2.21. The van der Waals surface area contributed by atoms with E-state index < -0.39 is 5.97 Å². The van der Waals surface area contributed by atoms with Gasteiger partial charge in [-0.05, 0) is 12.1 Å². The second-order valence-electron chi connectivity index (χ2n) is 4.17. The summed E-state index contributed by atoms with van der Waals surface area (Å²) in [4.78, 5) is 17.7. The minimum absolute atomic E-state index is 0.309. The lowest BCUT2D eigenvalue weighted by Crippen LogP contribution is -2.32. The second-order valence-corrected chi connectivity index (χ2v) is 5.03. The maximum atomic E-state index is 11.1. The highest BCUT2D eigenvalue weighted by molar-refractivity contribution is 7.11. The summed E-state index contributed by atoms with van der Waals surface area (Å²) < 4.78 is 5.57. The molecule has 0 saturated heterocycles. The molecular formula is C13H12N2O3S. The zero-order valence-corrected chi connectivity index (χ0v) is 10.9. The number of nitrogens with zero attached hydrogens (tertiary/aromatic N) is 2. The fourth-order valence-corrected chi connectivity index (χ4v) is 2.77. The van der Waals surface area contributed by atoms with Gasteiger partial charge in [-0.3, -0.25) is 0 Å². The fraction of sp³-hybridized carbons (Fsp3) is 0.231. The molecule has 0 bridgehead atoms. The smallest absolute Gasteiger partial charge is 0.347 e. The first-order valence-electron chi connectivity index (χ1n) is 5.88. The number of fused-ring (bicyclic) bond motifs is 1. The molecule has 19 heavy (non-hydrogen) atoms. The van der Waals surface area contributed by atoms with Crippen LogP contribution in [0.1, 0.15) is 15.4 Å². The molecule has 0 radical (unpaired) electrons. The fourth-order valence-electron chi connectivity index (χ4n) is 2.13. The summed E-state index contributed by atoms with van der Waals surface area (Å²) >= 11 is 1.16. The molecule has 2 aromatic rings. The molecule has 98 valence electrons. The van der Waals surface area contributed by atoms with Crippen LogP contribution in [0.25, 0.3) is 0 Å². The molecule has 0 fully saturated rings. The highest BCUT2D eigenvalue weighted by Crippen LogP contribution is 2.32. The number of aromatic nitrogens is 1. The number of thiazole rings is 1. The van der Waals surface area contributed by atoms with Gasteiger partial charge < -0.3 is 14.7 Å². The third kappa shape index (κ3) is 2.26. The van der Waals surface area contributed by atoms with Crippen LogP contribution >= 0.6 is 11.3 Å². The summed E-state index contributed by atoms with van der Waals surface area (Å²) in [6.45, 7) is 1.82. The number of para-hydroxylation sites is 2. The quantitative estimate of drug-likeness (QED) is 0.931. The first-order chi connectivity index (χ1) is 9.25. The maximum absolute atomic E-state index is 11.1. The number of benzene rings is 1. The van der Waals surface area contributed by atoms with E-state index in [-0.39, 0.29) is 0 Å². The molecular weight excluding hydrogens is 264 g/mol. The van der Waals surface area contributed by atoms with Crippen molar-refractivity contribution in [2.45, 2.75) is 6.54 Å². The largest absolute Gasteiger partial charge is 0.490 e. The molecule has 0 amide bonds. The van der Waals surface area contributed by atoms with E-state index in [2.05, 4.69) is 9.88 Å². The van der Waals surface area contributed by atoms with Crippen molar-refractivity contribution in [3.63, 3.8) is 0 Å². The SMILES string of the molecule is O=C(O)c1scnc1CN1CCOc2ccccc21. The van der Waals surface area contributed by atoms with Gasteiger partial charge in [0.25, 0.3) is 0 Å². The van der Waals surface area contributed by atoms with Crippen LogP contribution in [0.3, 0.4) is 0 Å². The Labute approximate surface area is 114 Å². The third-order valence-electron chi connectivity index (χ3n) is 3.00. The van der Waals surface area contributed by atoms with Gasteiger partial charge in [0.1, 0.15) is 17.2 Å². The van der Waals surface area contributed by atoms with Crippen LogP contribution in [0, 0.1) is 0 Å². The van der Waals surface area contributed by atoms with Crippen molar-refractivity contribution in [3.8, 4) is 5.75 Å². The van der Waals surface area contributed by atoms with Crippen LogP contribution in [-0.4, -0.2) is 29.2 Å². The van der Waals surface area contributed by atoms with E-state index in [1.165, 1.54) is 0 Å². The summed E-state index contributed by atoms with van der Waals surface area (Å²) in [5, 5.41) is 9.11. The van der Waals surface area contributed by atoms with E-state index in [0.717, 1.165) is 29.3 Å². The molecule has 0 aliphatic carbocycles. The number of carbonyl (C=O) groups is 1. The van der Waals surface area contributed by atoms with E-state index >= 15 is 0 Å². The summed E-state index contributed by atoms with van der Waals surface area (Å²) in [5.74, 6) is -0.0834. The van der Waals surface area contributed by atoms with Crippen molar-refractivity contribution < 1.29 is 14.6 Å². The molecule has 5 nitrogen and oxygen atoms in total. The summed E-state index contributed by atoms with van der Waals surface area (Å²) in [6.07, 6.45) is 0. The van der Waals surface area contributed by atoms with Gasteiger partial charge in [-0.1, -0.05) is 12.1 Å². The first kappa shape index (κ1) is 12.0. The number of ether oxygens (including phenoxy) is 1. The zero-order valence-electron chi connectivity index (χ0n) is 10.1. The van der Waals surface area contributed by atoms with E-state index in [1.54, 1.807) is 5.51 Å². The second kappa shape index (κ2) is 4.89. The van der Waals surface area contributed by atoms with Crippen LogP contribution in [0.2, 0.25) is 0 Å². The van der Waals surface area contributed by atoms with Gasteiger partial charge in [-0.15, -0.1) is 11.3 Å². The first-order valence-corrected chi connectivity index (χ1v) is 6.76. The van der Waals surface area contributed by atoms with Crippen LogP contribution in [0.5, 0.6) is 5.75 Å². The summed E-state index contributed by atoms with van der Waals surface area (Å²) in [6, 6.07) is 7.76. The third-order valence-corrected chi connectivity index (χ3v) is 3.86. The van der Waals surface area contributed by atoms with Crippen LogP contribution in [0.4, 0.5) is 5.69 Å². The molecule has 0 spiro atoms. The van der Waals surface area contributed by atoms with Gasteiger partial charge >= 0.3 is 5.97 Å². The summed E-state index contributed by atoms with van der Waals surface area (Å²) in [7, 11) is 0. The Morgan fingerprint density at radius 2 is 2.32 bits per heavy atom. The monoisotopic (exact) mass is 276 g/mol. The average molecular weight is 276 g/mol. The highest BCUT2D eigenvalue weighted by atomic mass is 32.1. The lowest BCUT2D eigenvalue weighted by atomic mass is 10.2. The van der Waals surface area contributed by atoms with Crippen molar-refractivity contribution in [2.24, 2.45) is 0 Å². The van der Waals surface area contributed by atoms with Crippen molar-refractivity contribution >= 4 is 23.0 Å². The van der Waals surface area contributed by atoms with Gasteiger partial charge in [0.15, 0.2) is 0 Å². The van der Waals surface area contributed by atoms with E-state index in [0.29, 0.717) is 23.7 Å². The van der Waals surface area contributed by atoms with Crippen molar-refractivity contribution in [1.82, 2.24) is 4.98 Å². The van der Waals surface area contributed by atoms with E-state index in [1.807, 2.05) is 24.3 Å². The molecule has 1 N–H and O–H groups in total.